The van der Waals surface area contributed by atoms with Crippen LogP contribution in [0.15, 0.2) is 41.4 Å². The lowest BCUT2D eigenvalue weighted by Gasteiger charge is -2.21. The molecule has 2 fully saturated rings. The molecular weight excluding hydrogens is 352 g/mol. The van der Waals surface area contributed by atoms with Crippen LogP contribution < -0.4 is 9.46 Å². The highest BCUT2D eigenvalue weighted by molar-refractivity contribution is 7.89. The van der Waals surface area contributed by atoms with Gasteiger partial charge >= 0.3 is 0 Å². The van der Waals surface area contributed by atoms with Crippen LogP contribution in [0.3, 0.4) is 0 Å². The van der Waals surface area contributed by atoms with Crippen molar-refractivity contribution in [2.45, 2.75) is 49.3 Å². The molecule has 7 heteroatoms. The molecule has 6 nitrogen and oxygen atoms in total. The average Bonchev–Trinajstić information content (AvgIpc) is 3.23. The van der Waals surface area contributed by atoms with Gasteiger partial charge in [0.05, 0.1) is 25.4 Å². The molecule has 3 atom stereocenters. The number of hydrogen-bond acceptors (Lipinski definition) is 5. The number of aromatic nitrogens is 1. The number of rotatable bonds is 5. The third-order valence-electron chi connectivity index (χ3n) is 5.10. The van der Waals surface area contributed by atoms with Gasteiger partial charge in [-0.15, -0.1) is 0 Å². The molecule has 1 N–H and O–H groups in total. The minimum Gasteiger partial charge on any atom is -0.495 e. The van der Waals surface area contributed by atoms with Crippen molar-refractivity contribution in [3.05, 3.63) is 42.2 Å². The van der Waals surface area contributed by atoms with Gasteiger partial charge in [-0.05, 0) is 61.6 Å². The van der Waals surface area contributed by atoms with Crippen molar-refractivity contribution in [1.29, 1.82) is 0 Å². The maximum absolute atomic E-state index is 13.0. The van der Waals surface area contributed by atoms with E-state index in [4.69, 9.17) is 9.47 Å². The molecule has 2 saturated heterocycles. The molecule has 2 aliphatic rings. The van der Waals surface area contributed by atoms with E-state index >= 15 is 0 Å². The van der Waals surface area contributed by atoms with E-state index in [0.29, 0.717) is 5.75 Å². The summed E-state index contributed by atoms with van der Waals surface area (Å²) < 4.78 is 40.0. The third kappa shape index (κ3) is 3.22. The molecule has 1 aromatic carbocycles. The molecule has 0 spiro atoms. The van der Waals surface area contributed by atoms with E-state index < -0.39 is 10.0 Å². The maximum Gasteiger partial charge on any atom is 0.244 e. The van der Waals surface area contributed by atoms with Gasteiger partial charge in [0.25, 0.3) is 0 Å². The van der Waals surface area contributed by atoms with Crippen molar-refractivity contribution in [1.82, 2.24) is 9.71 Å². The Kier molecular flexibility index (Phi) is 4.46. The van der Waals surface area contributed by atoms with Gasteiger partial charge < -0.3 is 9.47 Å². The van der Waals surface area contributed by atoms with Crippen LogP contribution in [-0.2, 0) is 14.8 Å². The van der Waals surface area contributed by atoms with Crippen LogP contribution in [0.5, 0.6) is 5.75 Å². The molecule has 0 amide bonds. The summed E-state index contributed by atoms with van der Waals surface area (Å²) in [6.45, 7) is 1.90. The van der Waals surface area contributed by atoms with Crippen LogP contribution in [-0.4, -0.2) is 38.8 Å². The van der Waals surface area contributed by atoms with E-state index in [1.54, 1.807) is 18.3 Å². The number of fused-ring (bicyclic) bond motifs is 2. The Morgan fingerprint density at radius 1 is 1.19 bits per heavy atom. The highest BCUT2D eigenvalue weighted by Gasteiger charge is 2.42. The highest BCUT2D eigenvalue weighted by atomic mass is 32.2. The fourth-order valence-corrected chi connectivity index (χ4v) is 5.29. The van der Waals surface area contributed by atoms with Gasteiger partial charge in [-0.2, -0.15) is 0 Å². The van der Waals surface area contributed by atoms with Crippen molar-refractivity contribution in [3.8, 4) is 16.9 Å². The predicted molar refractivity (Wildman–Crippen MR) is 97.6 cm³/mol. The summed E-state index contributed by atoms with van der Waals surface area (Å²) >= 11 is 0. The first kappa shape index (κ1) is 17.5. The first-order valence-electron chi connectivity index (χ1n) is 8.75. The molecule has 2 aliphatic heterocycles. The van der Waals surface area contributed by atoms with Crippen molar-refractivity contribution >= 4 is 10.0 Å². The molecule has 0 unspecified atom stereocenters. The Morgan fingerprint density at radius 2 is 2.00 bits per heavy atom. The van der Waals surface area contributed by atoms with E-state index in [1.165, 1.54) is 7.11 Å². The van der Waals surface area contributed by atoms with Gasteiger partial charge in [-0.25, -0.2) is 13.1 Å². The van der Waals surface area contributed by atoms with Gasteiger partial charge in [0.15, 0.2) is 0 Å². The van der Waals surface area contributed by atoms with Crippen LogP contribution in [0.1, 0.15) is 25.0 Å². The number of aryl methyl sites for hydroxylation is 1. The zero-order valence-corrected chi connectivity index (χ0v) is 15.6. The van der Waals surface area contributed by atoms with Crippen molar-refractivity contribution in [3.63, 3.8) is 0 Å². The van der Waals surface area contributed by atoms with Gasteiger partial charge in [0.2, 0.25) is 10.0 Å². The van der Waals surface area contributed by atoms with Crippen LogP contribution in [0.25, 0.3) is 11.1 Å². The molecule has 0 aliphatic carbocycles. The summed E-state index contributed by atoms with van der Waals surface area (Å²) in [5.41, 5.74) is 2.60. The summed E-state index contributed by atoms with van der Waals surface area (Å²) in [5, 5.41) is 0. The number of methoxy groups -OCH3 is 1. The molecule has 0 radical (unpaired) electrons. The maximum atomic E-state index is 13.0. The van der Waals surface area contributed by atoms with Crippen LogP contribution >= 0.6 is 0 Å². The zero-order valence-electron chi connectivity index (χ0n) is 14.8. The minimum absolute atomic E-state index is 0.0215. The van der Waals surface area contributed by atoms with E-state index in [2.05, 4.69) is 9.71 Å². The van der Waals surface area contributed by atoms with Gasteiger partial charge in [-0.1, -0.05) is 6.07 Å². The lowest BCUT2D eigenvalue weighted by atomic mass is 9.96. The second-order valence-corrected chi connectivity index (χ2v) is 8.57. The Labute approximate surface area is 153 Å². The van der Waals surface area contributed by atoms with E-state index in [-0.39, 0.29) is 23.1 Å². The number of benzene rings is 1. The monoisotopic (exact) mass is 374 g/mol. The molecule has 2 bridgehead atoms. The van der Waals surface area contributed by atoms with Crippen LogP contribution in [0.4, 0.5) is 0 Å². The number of sulfonamides is 1. The number of ether oxygens (including phenoxy) is 2. The Morgan fingerprint density at radius 3 is 2.65 bits per heavy atom. The lowest BCUT2D eigenvalue weighted by molar-refractivity contribution is 0.0996. The summed E-state index contributed by atoms with van der Waals surface area (Å²) in [6.07, 6.45) is 4.53. The molecule has 4 rings (SSSR count). The van der Waals surface area contributed by atoms with E-state index in [1.807, 2.05) is 25.1 Å². The summed E-state index contributed by atoms with van der Waals surface area (Å²) in [7, 11) is -2.24. The summed E-state index contributed by atoms with van der Waals surface area (Å²) in [6, 6.07) is 8.82. The fourth-order valence-electron chi connectivity index (χ4n) is 3.82. The quantitative estimate of drug-likeness (QED) is 0.871. The first-order valence-corrected chi connectivity index (χ1v) is 10.2. The Bertz CT molecular complexity index is 929. The van der Waals surface area contributed by atoms with Crippen molar-refractivity contribution in [2.24, 2.45) is 0 Å². The Hall–Kier alpha value is -1.96. The second-order valence-electron chi connectivity index (χ2n) is 6.89. The first-order chi connectivity index (χ1) is 12.5. The smallest absolute Gasteiger partial charge is 0.244 e. The van der Waals surface area contributed by atoms with Crippen molar-refractivity contribution < 1.29 is 17.9 Å². The number of nitrogens with zero attached hydrogens (tertiary/aromatic N) is 1. The van der Waals surface area contributed by atoms with Crippen LogP contribution in [0.2, 0.25) is 0 Å². The van der Waals surface area contributed by atoms with E-state index in [9.17, 15) is 8.42 Å². The fraction of sp³-hybridized carbons (Fsp3) is 0.421. The standard InChI is InChI=1S/C19H22N2O4S/c1-12-9-14(7-8-20-12)13-3-5-18(24-2)19(10-13)26(22,23)21-16-11-15-4-6-17(16)25-15/h3,5,7-10,15-17,21H,4,6,11H2,1-2H3/t15-,16+,17+/m0/s1. The minimum atomic E-state index is -3.72. The van der Waals surface area contributed by atoms with Gasteiger partial charge in [0, 0.05) is 11.9 Å². The van der Waals surface area contributed by atoms with Gasteiger partial charge in [0.1, 0.15) is 10.6 Å². The largest absolute Gasteiger partial charge is 0.495 e. The lowest BCUT2D eigenvalue weighted by Crippen LogP contribution is -2.41. The number of hydrogen-bond donors (Lipinski definition) is 1. The predicted octanol–water partition coefficient (Wildman–Crippen LogP) is 2.66. The molecule has 138 valence electrons. The number of nitrogens with one attached hydrogen (secondary N) is 1. The zero-order chi connectivity index (χ0) is 18.3. The van der Waals surface area contributed by atoms with Crippen molar-refractivity contribution in [2.75, 3.05) is 7.11 Å². The molecule has 3 heterocycles. The molecule has 2 aromatic rings. The van der Waals surface area contributed by atoms with Crippen LogP contribution in [0, 0.1) is 6.92 Å². The second kappa shape index (κ2) is 6.64. The SMILES string of the molecule is COc1ccc(-c2ccnc(C)c2)cc1S(=O)(=O)N[C@@H]1C[C@@H]2CC[C@H]1O2. The Balaban J connectivity index is 1.68. The molecule has 0 saturated carbocycles. The van der Waals surface area contributed by atoms with Gasteiger partial charge in [-0.3, -0.25) is 4.98 Å². The average molecular weight is 374 g/mol. The summed E-state index contributed by atoms with van der Waals surface area (Å²) in [5.74, 6) is 0.330. The summed E-state index contributed by atoms with van der Waals surface area (Å²) in [4.78, 5) is 4.34. The molecule has 1 aromatic heterocycles. The topological polar surface area (TPSA) is 77.5 Å². The normalized spacial score (nSPS) is 24.8. The molecular formula is C19H22N2O4S. The third-order valence-corrected chi connectivity index (χ3v) is 6.61. The number of pyridine rings is 1. The molecule has 26 heavy (non-hydrogen) atoms. The highest BCUT2D eigenvalue weighted by Crippen LogP contribution is 2.36. The van der Waals surface area contributed by atoms with E-state index in [0.717, 1.165) is 36.1 Å².